The number of hydrogen-bond acceptors (Lipinski definition) is 6. The number of ether oxygens (including phenoxy) is 2. The second-order valence-corrected chi connectivity index (χ2v) is 11.0. The molecule has 0 amide bonds. The first-order valence-electron chi connectivity index (χ1n) is 14.3. The van der Waals surface area contributed by atoms with E-state index in [9.17, 15) is 18.8 Å². The molecule has 4 aromatic rings. The Labute approximate surface area is 248 Å². The molecule has 2 heterocycles. The number of ketones is 3. The maximum absolute atomic E-state index is 14.9. The smallest absolute Gasteiger partial charge is 0.186 e. The molecule has 0 radical (unpaired) electrons. The zero-order chi connectivity index (χ0) is 29.9. The molecule has 1 saturated heterocycles. The second-order valence-electron chi connectivity index (χ2n) is 11.0. The molecule has 0 bridgehead atoms. The van der Waals surface area contributed by atoms with E-state index in [0.717, 1.165) is 0 Å². The Hall–Kier alpha value is -5.04. The van der Waals surface area contributed by atoms with E-state index in [4.69, 9.17) is 9.47 Å². The zero-order valence-electron chi connectivity index (χ0n) is 23.6. The Morgan fingerprint density at radius 1 is 0.907 bits per heavy atom. The number of fused-ring (bicyclic) bond motifs is 5. The third-order valence-corrected chi connectivity index (χ3v) is 8.94. The molecule has 3 aliphatic rings. The number of benzene rings is 4. The number of nitrogens with zero attached hydrogens (tertiary/aromatic N) is 1. The maximum Gasteiger partial charge on any atom is 0.186 e. The summed E-state index contributed by atoms with van der Waals surface area (Å²) in [6.45, 7) is 2.21. The number of Topliss-reactive ketones (excluding diaryl/α,β-unsaturated/α-hetero) is 3. The van der Waals surface area contributed by atoms with E-state index >= 15 is 0 Å². The summed E-state index contributed by atoms with van der Waals surface area (Å²) in [6.07, 6.45) is 3.52. The van der Waals surface area contributed by atoms with E-state index in [2.05, 4.69) is 0 Å². The first-order valence-corrected chi connectivity index (χ1v) is 14.3. The molecule has 0 unspecified atom stereocenters. The van der Waals surface area contributed by atoms with Crippen molar-refractivity contribution in [2.45, 2.75) is 24.9 Å². The fraction of sp³-hybridized carbons (Fsp3) is 0.194. The van der Waals surface area contributed by atoms with Gasteiger partial charge in [0.2, 0.25) is 0 Å². The van der Waals surface area contributed by atoms with E-state index in [-0.39, 0.29) is 17.3 Å². The van der Waals surface area contributed by atoms with Crippen molar-refractivity contribution in [3.63, 3.8) is 0 Å². The van der Waals surface area contributed by atoms with Gasteiger partial charge in [0.15, 0.2) is 17.3 Å². The Morgan fingerprint density at radius 3 is 2.35 bits per heavy atom. The van der Waals surface area contributed by atoms with Gasteiger partial charge in [0.25, 0.3) is 0 Å². The van der Waals surface area contributed by atoms with Crippen molar-refractivity contribution in [1.82, 2.24) is 0 Å². The molecule has 6 nitrogen and oxygen atoms in total. The Kier molecular flexibility index (Phi) is 6.27. The highest BCUT2D eigenvalue weighted by atomic mass is 19.1. The SMILES string of the molecule is CCOc1ccccc1[C@@H]1[C@@H](C(=O)c2cccc(OC)c2)N2c3ccc(F)cc3C=C[C@@H]2C12C(=O)c1ccccc1C2=O. The lowest BCUT2D eigenvalue weighted by atomic mass is 9.64. The van der Waals surface area contributed by atoms with Crippen LogP contribution in [0.4, 0.5) is 10.1 Å². The summed E-state index contributed by atoms with van der Waals surface area (Å²) in [7, 11) is 1.53. The number of carbonyl (C=O) groups is 3. The molecule has 1 aliphatic carbocycles. The largest absolute Gasteiger partial charge is 0.497 e. The number of hydrogen-bond donors (Lipinski definition) is 0. The van der Waals surface area contributed by atoms with E-state index in [1.54, 1.807) is 72.8 Å². The van der Waals surface area contributed by atoms with Gasteiger partial charge in [-0.15, -0.1) is 0 Å². The number of anilines is 1. The summed E-state index contributed by atoms with van der Waals surface area (Å²) in [4.78, 5) is 46.3. The summed E-state index contributed by atoms with van der Waals surface area (Å²) in [5, 5.41) is 0. The predicted octanol–water partition coefficient (Wildman–Crippen LogP) is 6.55. The molecule has 7 rings (SSSR count). The van der Waals surface area contributed by atoms with Crippen LogP contribution >= 0.6 is 0 Å². The van der Waals surface area contributed by atoms with Crippen LogP contribution in [0.3, 0.4) is 0 Å². The van der Waals surface area contributed by atoms with Crippen molar-refractivity contribution in [3.05, 3.63) is 131 Å². The minimum Gasteiger partial charge on any atom is -0.497 e. The van der Waals surface area contributed by atoms with Crippen LogP contribution in [0.25, 0.3) is 6.08 Å². The lowest BCUT2D eigenvalue weighted by Crippen LogP contribution is -2.48. The Balaban J connectivity index is 1.56. The average molecular weight is 574 g/mol. The van der Waals surface area contributed by atoms with E-state index in [1.165, 1.54) is 19.2 Å². The van der Waals surface area contributed by atoms with Crippen LogP contribution in [0.15, 0.2) is 97.1 Å². The predicted molar refractivity (Wildman–Crippen MR) is 161 cm³/mol. The summed E-state index contributed by atoms with van der Waals surface area (Å²) in [6, 6.07) is 23.5. The van der Waals surface area contributed by atoms with Crippen molar-refractivity contribution < 1.29 is 28.2 Å². The van der Waals surface area contributed by atoms with Gasteiger partial charge in [-0.05, 0) is 43.3 Å². The van der Waals surface area contributed by atoms with Gasteiger partial charge in [-0.1, -0.05) is 66.7 Å². The highest BCUT2D eigenvalue weighted by molar-refractivity contribution is 6.32. The standard InChI is InChI=1S/C36H28FNO5/c1-3-43-29-14-7-6-13-27(29)31-32(33(39)22-9-8-10-24(20-22)42-2)38-28-17-16-23(37)19-21(28)15-18-30(38)36(31)34(40)25-11-4-5-12-26(25)35(36)41/h4-20,30-32H,3H2,1-2H3/t30-,31-,32+/m1/s1. The Bertz CT molecular complexity index is 1810. The van der Waals surface area contributed by atoms with Gasteiger partial charge in [0, 0.05) is 39.4 Å². The fourth-order valence-electron chi connectivity index (χ4n) is 7.26. The van der Waals surface area contributed by atoms with Crippen LogP contribution in [-0.4, -0.2) is 43.2 Å². The van der Waals surface area contributed by atoms with Gasteiger partial charge in [-0.25, -0.2) is 4.39 Å². The van der Waals surface area contributed by atoms with E-state index < -0.39 is 29.2 Å². The third kappa shape index (κ3) is 3.74. The third-order valence-electron chi connectivity index (χ3n) is 8.94. The number of rotatable bonds is 6. The molecular formula is C36H28FNO5. The molecule has 7 heteroatoms. The highest BCUT2D eigenvalue weighted by Crippen LogP contribution is 2.62. The molecule has 43 heavy (non-hydrogen) atoms. The summed E-state index contributed by atoms with van der Waals surface area (Å²) < 4.78 is 26.0. The molecule has 0 aromatic heterocycles. The van der Waals surface area contributed by atoms with Crippen LogP contribution in [0.5, 0.6) is 11.5 Å². The van der Waals surface area contributed by atoms with Crippen LogP contribution in [-0.2, 0) is 0 Å². The van der Waals surface area contributed by atoms with Gasteiger partial charge in [-0.3, -0.25) is 14.4 Å². The topological polar surface area (TPSA) is 72.9 Å². The number of para-hydroxylation sites is 1. The van der Waals surface area contributed by atoms with Gasteiger partial charge < -0.3 is 14.4 Å². The molecular weight excluding hydrogens is 545 g/mol. The number of halogens is 1. The van der Waals surface area contributed by atoms with Crippen molar-refractivity contribution in [3.8, 4) is 11.5 Å². The van der Waals surface area contributed by atoms with Gasteiger partial charge in [-0.2, -0.15) is 0 Å². The minimum atomic E-state index is -1.68. The van der Waals surface area contributed by atoms with Crippen molar-refractivity contribution in [2.75, 3.05) is 18.6 Å². The zero-order valence-corrected chi connectivity index (χ0v) is 23.6. The molecule has 0 N–H and O–H groups in total. The van der Waals surface area contributed by atoms with Crippen molar-refractivity contribution in [2.24, 2.45) is 5.41 Å². The van der Waals surface area contributed by atoms with Crippen molar-refractivity contribution >= 4 is 29.1 Å². The summed E-state index contributed by atoms with van der Waals surface area (Å²) in [5.41, 5.74) is 1.07. The normalized spacial score (nSPS) is 21.0. The van der Waals surface area contributed by atoms with E-state index in [1.807, 2.05) is 30.0 Å². The maximum atomic E-state index is 14.9. The minimum absolute atomic E-state index is 0.292. The lowest BCUT2D eigenvalue weighted by Gasteiger charge is -2.37. The highest BCUT2D eigenvalue weighted by Gasteiger charge is 2.72. The second kappa shape index (κ2) is 10.1. The van der Waals surface area contributed by atoms with Crippen LogP contribution in [0, 0.1) is 11.2 Å². The molecule has 3 atom stereocenters. The van der Waals surface area contributed by atoms with Gasteiger partial charge in [0.1, 0.15) is 28.8 Å². The van der Waals surface area contributed by atoms with Crippen molar-refractivity contribution in [1.29, 1.82) is 0 Å². The lowest BCUT2D eigenvalue weighted by molar-refractivity contribution is 0.0664. The summed E-state index contributed by atoms with van der Waals surface area (Å²) >= 11 is 0. The Morgan fingerprint density at radius 2 is 1.63 bits per heavy atom. The molecule has 2 aliphatic heterocycles. The quantitative estimate of drug-likeness (QED) is 0.192. The first kappa shape index (κ1) is 26.8. The van der Waals surface area contributed by atoms with E-state index in [0.29, 0.717) is 51.6 Å². The van der Waals surface area contributed by atoms with Crippen LogP contribution < -0.4 is 14.4 Å². The van der Waals surface area contributed by atoms with Crippen LogP contribution in [0.2, 0.25) is 0 Å². The van der Waals surface area contributed by atoms with Gasteiger partial charge in [0.05, 0.1) is 19.8 Å². The fourth-order valence-corrected chi connectivity index (χ4v) is 7.26. The molecule has 1 spiro atoms. The number of methoxy groups -OCH3 is 1. The summed E-state index contributed by atoms with van der Waals surface area (Å²) in [5.74, 6) is -1.33. The monoisotopic (exact) mass is 573 g/mol. The molecule has 0 saturated carbocycles. The first-order chi connectivity index (χ1) is 20.9. The van der Waals surface area contributed by atoms with Gasteiger partial charge >= 0.3 is 0 Å². The molecule has 1 fully saturated rings. The molecule has 4 aromatic carbocycles. The average Bonchev–Trinajstić information content (AvgIpc) is 3.47. The van der Waals surface area contributed by atoms with Crippen LogP contribution in [0.1, 0.15) is 55.0 Å². The molecule has 214 valence electrons. The number of carbonyl (C=O) groups excluding carboxylic acids is 3.